The number of esters is 1. The maximum atomic E-state index is 11.0. The molecule has 0 aromatic heterocycles. The van der Waals surface area contributed by atoms with Crippen LogP contribution in [-0.4, -0.2) is 12.6 Å². The van der Waals surface area contributed by atoms with Crippen LogP contribution < -0.4 is 0 Å². The van der Waals surface area contributed by atoms with Gasteiger partial charge in [-0.15, -0.1) is 0 Å². The fraction of sp³-hybridized carbons (Fsp3) is 0.700. The third kappa shape index (κ3) is 4.94. The van der Waals surface area contributed by atoms with Crippen molar-refractivity contribution in [2.24, 2.45) is 0 Å². The lowest BCUT2D eigenvalue weighted by Crippen LogP contribution is -2.06. The Balaban J connectivity index is 3.45. The molecule has 0 saturated heterocycles. The van der Waals surface area contributed by atoms with Crippen molar-refractivity contribution in [2.45, 2.75) is 40.0 Å². The first-order valence-corrected chi connectivity index (χ1v) is 4.52. The molecule has 0 aliphatic heterocycles. The van der Waals surface area contributed by atoms with Gasteiger partial charge in [-0.3, -0.25) is 0 Å². The molecular formula is C10H18O2. The van der Waals surface area contributed by atoms with Gasteiger partial charge in [-0.05, 0) is 20.3 Å². The third-order valence-corrected chi connectivity index (χ3v) is 1.74. The first kappa shape index (κ1) is 11.2. The van der Waals surface area contributed by atoms with Crippen LogP contribution in [0.2, 0.25) is 0 Å². The van der Waals surface area contributed by atoms with Gasteiger partial charge in [0.15, 0.2) is 0 Å². The molecule has 0 radical (unpaired) electrons. The number of hydrogen-bond donors (Lipinski definition) is 0. The van der Waals surface area contributed by atoms with E-state index in [0.717, 1.165) is 19.3 Å². The van der Waals surface area contributed by atoms with E-state index in [2.05, 4.69) is 6.92 Å². The first-order chi connectivity index (χ1) is 5.72. The summed E-state index contributed by atoms with van der Waals surface area (Å²) in [5.41, 5.74) is 0.687. The van der Waals surface area contributed by atoms with Crippen LogP contribution in [-0.2, 0) is 9.53 Å². The zero-order valence-electron chi connectivity index (χ0n) is 8.22. The predicted molar refractivity (Wildman–Crippen MR) is 49.9 cm³/mol. The van der Waals surface area contributed by atoms with E-state index in [1.54, 1.807) is 13.0 Å². The smallest absolute Gasteiger partial charge is 0.333 e. The molecule has 0 heterocycles. The van der Waals surface area contributed by atoms with Crippen molar-refractivity contribution in [2.75, 3.05) is 6.61 Å². The van der Waals surface area contributed by atoms with Gasteiger partial charge in [-0.2, -0.15) is 0 Å². The molecule has 0 amide bonds. The molecule has 0 aliphatic carbocycles. The topological polar surface area (TPSA) is 26.3 Å². The average molecular weight is 170 g/mol. The largest absolute Gasteiger partial charge is 0.462 e. The molecule has 0 atom stereocenters. The highest BCUT2D eigenvalue weighted by Gasteiger charge is 2.02. The molecule has 0 unspecified atom stereocenters. The molecule has 0 aromatic rings. The van der Waals surface area contributed by atoms with Crippen LogP contribution >= 0.6 is 0 Å². The summed E-state index contributed by atoms with van der Waals surface area (Å²) in [4.78, 5) is 11.0. The Morgan fingerprint density at radius 3 is 2.58 bits per heavy atom. The predicted octanol–water partition coefficient (Wildman–Crippen LogP) is 2.69. The van der Waals surface area contributed by atoms with Crippen LogP contribution in [0.1, 0.15) is 40.0 Å². The van der Waals surface area contributed by atoms with Gasteiger partial charge in [-0.25, -0.2) is 4.79 Å². The third-order valence-electron chi connectivity index (χ3n) is 1.74. The molecule has 0 saturated carbocycles. The summed E-state index contributed by atoms with van der Waals surface area (Å²) >= 11 is 0. The minimum Gasteiger partial charge on any atom is -0.462 e. The normalized spacial score (nSPS) is 11.4. The van der Waals surface area contributed by atoms with Crippen molar-refractivity contribution < 1.29 is 9.53 Å². The van der Waals surface area contributed by atoms with Gasteiger partial charge >= 0.3 is 5.97 Å². The van der Waals surface area contributed by atoms with Gasteiger partial charge in [0.1, 0.15) is 0 Å². The van der Waals surface area contributed by atoms with E-state index in [0.29, 0.717) is 12.2 Å². The number of rotatable bonds is 5. The van der Waals surface area contributed by atoms with E-state index in [-0.39, 0.29) is 5.97 Å². The number of ether oxygens (including phenoxy) is 1. The number of unbranched alkanes of at least 4 members (excludes halogenated alkanes) is 2. The Bertz CT molecular complexity index is 159. The van der Waals surface area contributed by atoms with E-state index >= 15 is 0 Å². The monoisotopic (exact) mass is 170 g/mol. The Kier molecular flexibility index (Phi) is 6.44. The van der Waals surface area contributed by atoms with Gasteiger partial charge < -0.3 is 4.74 Å². The van der Waals surface area contributed by atoms with Crippen LogP contribution in [0.4, 0.5) is 0 Å². The van der Waals surface area contributed by atoms with Gasteiger partial charge in [0.05, 0.1) is 6.61 Å². The molecule has 2 heteroatoms. The van der Waals surface area contributed by atoms with E-state index in [1.165, 1.54) is 0 Å². The van der Waals surface area contributed by atoms with E-state index in [1.807, 2.05) is 6.92 Å². The molecule has 0 rings (SSSR count). The Morgan fingerprint density at radius 2 is 2.08 bits per heavy atom. The van der Waals surface area contributed by atoms with E-state index in [9.17, 15) is 4.79 Å². The second-order valence-electron chi connectivity index (χ2n) is 2.81. The van der Waals surface area contributed by atoms with Crippen molar-refractivity contribution in [3.8, 4) is 0 Å². The maximum absolute atomic E-state index is 11.0. The SMILES string of the molecule is CC=C(C)C(=O)OCCCCC. The highest BCUT2D eigenvalue weighted by atomic mass is 16.5. The fourth-order valence-corrected chi connectivity index (χ4v) is 0.749. The van der Waals surface area contributed by atoms with Crippen molar-refractivity contribution >= 4 is 5.97 Å². The van der Waals surface area contributed by atoms with Crippen LogP contribution in [0, 0.1) is 0 Å². The number of carbonyl (C=O) groups excluding carboxylic acids is 1. The van der Waals surface area contributed by atoms with Crippen molar-refractivity contribution in [3.63, 3.8) is 0 Å². The molecule has 0 bridgehead atoms. The molecular weight excluding hydrogens is 152 g/mol. The lowest BCUT2D eigenvalue weighted by Gasteiger charge is -2.03. The second kappa shape index (κ2) is 6.89. The zero-order valence-corrected chi connectivity index (χ0v) is 8.22. The van der Waals surface area contributed by atoms with Crippen molar-refractivity contribution in [1.29, 1.82) is 0 Å². The Morgan fingerprint density at radius 1 is 1.42 bits per heavy atom. The summed E-state index contributed by atoms with van der Waals surface area (Å²) in [6.07, 6.45) is 5.02. The Hall–Kier alpha value is -0.790. The first-order valence-electron chi connectivity index (χ1n) is 4.52. The molecule has 2 nitrogen and oxygen atoms in total. The van der Waals surface area contributed by atoms with Crippen LogP contribution in [0.5, 0.6) is 0 Å². The van der Waals surface area contributed by atoms with Crippen LogP contribution in [0.15, 0.2) is 11.6 Å². The summed E-state index contributed by atoms with van der Waals surface area (Å²) in [5, 5.41) is 0. The molecule has 0 aliphatic rings. The average Bonchev–Trinajstić information content (AvgIpc) is 2.10. The molecule has 70 valence electrons. The summed E-state index contributed by atoms with van der Waals surface area (Å²) < 4.78 is 4.99. The van der Waals surface area contributed by atoms with Crippen molar-refractivity contribution in [3.05, 3.63) is 11.6 Å². The zero-order chi connectivity index (χ0) is 9.40. The van der Waals surface area contributed by atoms with Crippen molar-refractivity contribution in [1.82, 2.24) is 0 Å². The van der Waals surface area contributed by atoms with E-state index < -0.39 is 0 Å². The quantitative estimate of drug-likeness (QED) is 0.360. The molecule has 0 aromatic carbocycles. The minimum absolute atomic E-state index is 0.186. The van der Waals surface area contributed by atoms with Crippen LogP contribution in [0.3, 0.4) is 0 Å². The number of carbonyl (C=O) groups is 1. The molecule has 0 N–H and O–H groups in total. The van der Waals surface area contributed by atoms with Gasteiger partial charge in [0.25, 0.3) is 0 Å². The second-order valence-corrected chi connectivity index (χ2v) is 2.81. The number of allylic oxidation sites excluding steroid dienone is 1. The molecule has 0 fully saturated rings. The summed E-state index contributed by atoms with van der Waals surface area (Å²) in [6.45, 7) is 6.28. The summed E-state index contributed by atoms with van der Waals surface area (Å²) in [6, 6.07) is 0. The van der Waals surface area contributed by atoms with Gasteiger partial charge in [0.2, 0.25) is 0 Å². The summed E-state index contributed by atoms with van der Waals surface area (Å²) in [5.74, 6) is -0.186. The van der Waals surface area contributed by atoms with Gasteiger partial charge in [-0.1, -0.05) is 25.8 Å². The highest BCUT2D eigenvalue weighted by Crippen LogP contribution is 1.99. The summed E-state index contributed by atoms with van der Waals surface area (Å²) in [7, 11) is 0. The fourth-order valence-electron chi connectivity index (χ4n) is 0.749. The van der Waals surface area contributed by atoms with Gasteiger partial charge in [0, 0.05) is 5.57 Å². The van der Waals surface area contributed by atoms with E-state index in [4.69, 9.17) is 4.74 Å². The Labute approximate surface area is 74.6 Å². The molecule has 12 heavy (non-hydrogen) atoms. The lowest BCUT2D eigenvalue weighted by atomic mass is 10.2. The maximum Gasteiger partial charge on any atom is 0.333 e. The minimum atomic E-state index is -0.186. The lowest BCUT2D eigenvalue weighted by molar-refractivity contribution is -0.139. The van der Waals surface area contributed by atoms with Crippen LogP contribution in [0.25, 0.3) is 0 Å². The molecule has 0 spiro atoms. The highest BCUT2D eigenvalue weighted by molar-refractivity contribution is 5.87. The standard InChI is InChI=1S/C10H18O2/c1-4-6-7-8-12-10(11)9(3)5-2/h5H,4,6-8H2,1-3H3. The number of hydrogen-bond acceptors (Lipinski definition) is 2.